The lowest BCUT2D eigenvalue weighted by molar-refractivity contribution is -0.161. The van der Waals surface area contributed by atoms with Gasteiger partial charge >= 0.3 is 19.8 Å². The van der Waals surface area contributed by atoms with Crippen molar-refractivity contribution in [2.45, 2.75) is 181 Å². The highest BCUT2D eigenvalue weighted by atomic mass is 31.2. The van der Waals surface area contributed by atoms with Crippen molar-refractivity contribution in [1.82, 2.24) is 0 Å². The number of esters is 2. The molecule has 270 valence electrons. The van der Waals surface area contributed by atoms with Gasteiger partial charge in [-0.25, -0.2) is 4.57 Å². The molecule has 1 N–H and O–H groups in total. The first-order valence-electron chi connectivity index (χ1n) is 18.6. The summed E-state index contributed by atoms with van der Waals surface area (Å²) in [6.45, 7) is 5.40. The Hall–Kier alpha value is -1.47. The number of hydrogen-bond acceptors (Lipinski definition) is 7. The minimum Gasteiger partial charge on any atom is -0.462 e. The molecule has 0 aliphatic heterocycles. The molecule has 0 saturated heterocycles. The number of unbranched alkanes of at least 4 members (excludes halogenated alkanes) is 18. The van der Waals surface area contributed by atoms with Gasteiger partial charge in [-0.15, -0.1) is 0 Å². The average molecular weight is 673 g/mol. The van der Waals surface area contributed by atoms with E-state index in [9.17, 15) is 19.0 Å². The van der Waals surface area contributed by atoms with Gasteiger partial charge in [0.2, 0.25) is 0 Å². The predicted molar refractivity (Wildman–Crippen MR) is 189 cm³/mol. The second-order valence-electron chi connectivity index (χ2n) is 12.2. The van der Waals surface area contributed by atoms with E-state index in [2.05, 4.69) is 38.2 Å². The lowest BCUT2D eigenvalue weighted by atomic mass is 10.0. The SMILES string of the molecule is CCCC/C=C\C/C=C\CCCCCCCC(=O)OC(COC(=O)CCCCCCCCCCCCCC)COP(=O)(O)OCC. The molecule has 0 aromatic rings. The van der Waals surface area contributed by atoms with Crippen LogP contribution in [0.15, 0.2) is 24.3 Å². The smallest absolute Gasteiger partial charge is 0.462 e. The summed E-state index contributed by atoms with van der Waals surface area (Å²) in [6.07, 6.45) is 33.7. The number of rotatable bonds is 34. The van der Waals surface area contributed by atoms with Crippen LogP contribution < -0.4 is 0 Å². The molecule has 0 radical (unpaired) electrons. The third-order valence-electron chi connectivity index (χ3n) is 7.76. The van der Waals surface area contributed by atoms with Crippen molar-refractivity contribution < 1.29 is 37.6 Å². The van der Waals surface area contributed by atoms with Crippen molar-refractivity contribution in [3.8, 4) is 0 Å². The molecule has 0 aliphatic rings. The van der Waals surface area contributed by atoms with Crippen LogP contribution in [0.5, 0.6) is 0 Å². The van der Waals surface area contributed by atoms with Gasteiger partial charge < -0.3 is 14.4 Å². The van der Waals surface area contributed by atoms with Crippen LogP contribution in [0.3, 0.4) is 0 Å². The van der Waals surface area contributed by atoms with E-state index in [1.807, 2.05) is 0 Å². The molecule has 0 amide bonds. The summed E-state index contributed by atoms with van der Waals surface area (Å²) in [5.41, 5.74) is 0. The molecule has 0 rings (SSSR count). The van der Waals surface area contributed by atoms with Gasteiger partial charge in [0.25, 0.3) is 0 Å². The third kappa shape index (κ3) is 32.5. The number of ether oxygens (including phenoxy) is 2. The molecule has 8 nitrogen and oxygen atoms in total. The molecule has 9 heteroatoms. The third-order valence-corrected chi connectivity index (χ3v) is 8.82. The van der Waals surface area contributed by atoms with Gasteiger partial charge in [-0.3, -0.25) is 18.6 Å². The first-order valence-corrected chi connectivity index (χ1v) is 20.1. The Morgan fingerprint density at radius 1 is 0.587 bits per heavy atom. The molecule has 2 unspecified atom stereocenters. The van der Waals surface area contributed by atoms with Crippen molar-refractivity contribution in [2.24, 2.45) is 0 Å². The fourth-order valence-corrected chi connectivity index (χ4v) is 5.75. The molecule has 0 heterocycles. The van der Waals surface area contributed by atoms with Crippen molar-refractivity contribution in [2.75, 3.05) is 19.8 Å². The largest absolute Gasteiger partial charge is 0.472 e. The first-order chi connectivity index (χ1) is 22.3. The topological polar surface area (TPSA) is 108 Å². The van der Waals surface area contributed by atoms with Gasteiger partial charge in [0, 0.05) is 12.8 Å². The maximum absolute atomic E-state index is 12.5. The summed E-state index contributed by atoms with van der Waals surface area (Å²) in [7, 11) is -4.27. The highest BCUT2D eigenvalue weighted by Crippen LogP contribution is 2.43. The predicted octanol–water partition coefficient (Wildman–Crippen LogP) is 11.1. The second-order valence-corrected chi connectivity index (χ2v) is 13.7. The lowest BCUT2D eigenvalue weighted by Crippen LogP contribution is -2.29. The highest BCUT2D eigenvalue weighted by Gasteiger charge is 2.25. The summed E-state index contributed by atoms with van der Waals surface area (Å²) in [4.78, 5) is 34.5. The molecule has 0 saturated carbocycles. The summed E-state index contributed by atoms with van der Waals surface area (Å²) >= 11 is 0. The van der Waals surface area contributed by atoms with Crippen LogP contribution in [0, 0.1) is 0 Å². The van der Waals surface area contributed by atoms with E-state index in [1.165, 1.54) is 70.6 Å². The Bertz CT molecular complexity index is 813. The van der Waals surface area contributed by atoms with Gasteiger partial charge in [0.1, 0.15) is 6.61 Å². The van der Waals surface area contributed by atoms with Crippen LogP contribution in [0.25, 0.3) is 0 Å². The van der Waals surface area contributed by atoms with Crippen LogP contribution in [0.2, 0.25) is 0 Å². The van der Waals surface area contributed by atoms with E-state index in [-0.39, 0.29) is 25.6 Å². The molecule has 46 heavy (non-hydrogen) atoms. The minimum absolute atomic E-state index is 0.000971. The van der Waals surface area contributed by atoms with Crippen LogP contribution in [0.4, 0.5) is 0 Å². The molecular formula is C37H69O8P. The number of phosphoric acid groups is 1. The molecule has 0 aromatic carbocycles. The number of carbonyl (C=O) groups excluding carboxylic acids is 2. The van der Waals surface area contributed by atoms with Crippen molar-refractivity contribution in [3.63, 3.8) is 0 Å². The quantitative estimate of drug-likeness (QED) is 0.0311. The zero-order valence-electron chi connectivity index (χ0n) is 29.7. The number of hydrogen-bond donors (Lipinski definition) is 1. The normalized spacial score (nSPS) is 13.7. The minimum atomic E-state index is -4.27. The number of phosphoric ester groups is 1. The summed E-state index contributed by atoms with van der Waals surface area (Å²) in [5, 5.41) is 0. The van der Waals surface area contributed by atoms with Crippen molar-refractivity contribution >= 4 is 19.8 Å². The second kappa shape index (κ2) is 33.4. The summed E-state index contributed by atoms with van der Waals surface area (Å²) < 4.78 is 32.5. The molecule has 0 fully saturated rings. The van der Waals surface area contributed by atoms with Gasteiger partial charge in [-0.1, -0.05) is 141 Å². The van der Waals surface area contributed by atoms with E-state index in [1.54, 1.807) is 6.92 Å². The van der Waals surface area contributed by atoms with Gasteiger partial charge in [-0.2, -0.15) is 0 Å². The van der Waals surface area contributed by atoms with E-state index in [0.29, 0.717) is 12.8 Å². The zero-order valence-corrected chi connectivity index (χ0v) is 30.6. The summed E-state index contributed by atoms with van der Waals surface area (Å²) in [5.74, 6) is -0.812. The number of carbonyl (C=O) groups is 2. The van der Waals surface area contributed by atoms with Crippen molar-refractivity contribution in [1.29, 1.82) is 0 Å². The molecular weight excluding hydrogens is 603 g/mol. The van der Waals surface area contributed by atoms with E-state index in [4.69, 9.17) is 18.5 Å². The summed E-state index contributed by atoms with van der Waals surface area (Å²) in [6, 6.07) is 0. The maximum Gasteiger partial charge on any atom is 0.472 e. The van der Waals surface area contributed by atoms with Crippen LogP contribution >= 0.6 is 7.82 Å². The lowest BCUT2D eigenvalue weighted by Gasteiger charge is -2.19. The Morgan fingerprint density at radius 3 is 1.61 bits per heavy atom. The van der Waals surface area contributed by atoms with Crippen LogP contribution in [-0.2, 0) is 32.7 Å². The van der Waals surface area contributed by atoms with E-state index >= 15 is 0 Å². The van der Waals surface area contributed by atoms with Gasteiger partial charge in [0.15, 0.2) is 6.10 Å². The van der Waals surface area contributed by atoms with Crippen LogP contribution in [0.1, 0.15) is 175 Å². The number of allylic oxidation sites excluding steroid dienone is 4. The average Bonchev–Trinajstić information content (AvgIpc) is 3.03. The standard InChI is InChI=1S/C37H69O8P/c1-4-7-9-11-13-15-17-19-20-22-24-26-28-30-32-37(39)45-35(34-44-46(40,41)43-6-3)33-42-36(38)31-29-27-25-23-21-18-16-14-12-10-8-5-2/h11,13,17,19,35H,4-10,12,14-16,18,20-34H2,1-3H3,(H,40,41)/b13-11-,19-17-. The Kier molecular flexibility index (Phi) is 32.4. The Balaban J connectivity index is 4.18. The molecule has 2 atom stereocenters. The fraction of sp³-hybridized carbons (Fsp3) is 0.838. The highest BCUT2D eigenvalue weighted by molar-refractivity contribution is 7.47. The van der Waals surface area contributed by atoms with Gasteiger partial charge in [0.05, 0.1) is 13.2 Å². The van der Waals surface area contributed by atoms with Crippen LogP contribution in [-0.4, -0.2) is 42.8 Å². The molecule has 0 aliphatic carbocycles. The fourth-order valence-electron chi connectivity index (χ4n) is 5.00. The zero-order chi connectivity index (χ0) is 34.0. The first kappa shape index (κ1) is 44.5. The van der Waals surface area contributed by atoms with Crippen molar-refractivity contribution in [3.05, 3.63) is 24.3 Å². The Labute approximate surface area is 282 Å². The van der Waals surface area contributed by atoms with E-state index < -0.39 is 26.5 Å². The molecule has 0 bridgehead atoms. The monoisotopic (exact) mass is 672 g/mol. The van der Waals surface area contributed by atoms with E-state index in [0.717, 1.165) is 64.2 Å². The Morgan fingerprint density at radius 2 is 1.07 bits per heavy atom. The molecule has 0 spiro atoms. The maximum atomic E-state index is 12.5. The molecule has 0 aromatic heterocycles. The van der Waals surface area contributed by atoms with Gasteiger partial charge in [-0.05, 0) is 45.4 Å².